The molecule has 0 aliphatic rings. The Morgan fingerprint density at radius 2 is 1.35 bits per heavy atom. The van der Waals surface area contributed by atoms with Crippen molar-refractivity contribution in [3.63, 3.8) is 0 Å². The van der Waals surface area contributed by atoms with Crippen LogP contribution in [0.2, 0.25) is 0 Å². The van der Waals surface area contributed by atoms with Crippen molar-refractivity contribution in [3.05, 3.63) is 96.1 Å². The van der Waals surface area contributed by atoms with Crippen LogP contribution in [0.25, 0.3) is 10.8 Å². The van der Waals surface area contributed by atoms with E-state index in [4.69, 9.17) is 4.74 Å². The molecule has 0 spiro atoms. The Balaban J connectivity index is 1.89. The smallest absolute Gasteiger partial charge is 0.408 e. The first-order chi connectivity index (χ1) is 22.5. The van der Waals surface area contributed by atoms with Gasteiger partial charge < -0.3 is 19.9 Å². The fraction of sp³-hybridized carbons (Fsp3) is 0.421. The molecule has 10 heteroatoms. The molecule has 0 bridgehead atoms. The van der Waals surface area contributed by atoms with Crippen LogP contribution in [0.4, 0.5) is 4.79 Å². The van der Waals surface area contributed by atoms with E-state index in [0.717, 1.165) is 21.9 Å². The van der Waals surface area contributed by atoms with Gasteiger partial charge in [-0.3, -0.25) is 19.8 Å². The Hall–Kier alpha value is -4.70. The van der Waals surface area contributed by atoms with Crippen LogP contribution in [0.5, 0.6) is 0 Å². The second-order valence-electron chi connectivity index (χ2n) is 14.0. The summed E-state index contributed by atoms with van der Waals surface area (Å²) in [6.45, 7) is 9.04. The van der Waals surface area contributed by atoms with E-state index >= 15 is 0 Å². The summed E-state index contributed by atoms with van der Waals surface area (Å²) < 4.78 is 5.37. The van der Waals surface area contributed by atoms with E-state index in [0.29, 0.717) is 12.8 Å². The largest absolute Gasteiger partial charge is 0.444 e. The molecule has 0 radical (unpaired) electrons. The maximum atomic E-state index is 14.4. The zero-order valence-electron chi connectivity index (χ0n) is 29.7. The number of carbonyl (C=O) groups excluding carboxylic acids is 4. The number of benzene rings is 3. The number of hydrogen-bond acceptors (Lipinski definition) is 6. The highest BCUT2D eigenvalue weighted by molar-refractivity contribution is 5.95. The third-order valence-electron chi connectivity index (χ3n) is 7.79. The van der Waals surface area contributed by atoms with Gasteiger partial charge in [0.1, 0.15) is 17.7 Å². The molecule has 2 N–H and O–H groups in total. The van der Waals surface area contributed by atoms with E-state index in [-0.39, 0.29) is 24.1 Å². The first kappa shape index (κ1) is 37.8. The van der Waals surface area contributed by atoms with Gasteiger partial charge in [0, 0.05) is 46.6 Å². The van der Waals surface area contributed by atoms with Gasteiger partial charge in [-0.2, -0.15) is 0 Å². The van der Waals surface area contributed by atoms with Crippen molar-refractivity contribution in [2.75, 3.05) is 28.2 Å². The van der Waals surface area contributed by atoms with E-state index in [1.54, 1.807) is 60.0 Å². The van der Waals surface area contributed by atoms with Gasteiger partial charge in [0.15, 0.2) is 0 Å². The van der Waals surface area contributed by atoms with Crippen molar-refractivity contribution in [1.82, 2.24) is 25.6 Å². The third kappa shape index (κ3) is 11.5. The summed E-state index contributed by atoms with van der Waals surface area (Å²) >= 11 is 0. The molecule has 10 nitrogen and oxygen atoms in total. The fourth-order valence-corrected chi connectivity index (χ4v) is 5.26. The number of rotatable bonds is 13. The first-order valence-corrected chi connectivity index (χ1v) is 16.2. The zero-order valence-corrected chi connectivity index (χ0v) is 29.7. The van der Waals surface area contributed by atoms with Crippen molar-refractivity contribution >= 4 is 34.6 Å². The molecule has 2 atom stereocenters. The number of hydrazine groups is 1. The predicted molar refractivity (Wildman–Crippen MR) is 190 cm³/mol. The van der Waals surface area contributed by atoms with E-state index in [2.05, 4.69) is 10.7 Å². The van der Waals surface area contributed by atoms with Crippen molar-refractivity contribution in [1.29, 1.82) is 0 Å². The lowest BCUT2D eigenvalue weighted by Crippen LogP contribution is -2.57. The molecule has 0 saturated heterocycles. The van der Waals surface area contributed by atoms with Crippen molar-refractivity contribution in [2.45, 2.75) is 77.1 Å². The normalized spacial score (nSPS) is 13.2. The molecule has 0 heterocycles. The maximum absolute atomic E-state index is 14.4. The predicted octanol–water partition coefficient (Wildman–Crippen LogP) is 5.12. The molecule has 48 heavy (non-hydrogen) atoms. The van der Waals surface area contributed by atoms with Crippen LogP contribution in [0.3, 0.4) is 0 Å². The quantitative estimate of drug-likeness (QED) is 0.195. The minimum Gasteiger partial charge on any atom is -0.444 e. The Bertz CT molecular complexity index is 1600. The average Bonchev–Trinajstić information content (AvgIpc) is 3.00. The fourth-order valence-electron chi connectivity index (χ4n) is 5.26. The van der Waals surface area contributed by atoms with Crippen LogP contribution >= 0.6 is 0 Å². The summed E-state index contributed by atoms with van der Waals surface area (Å²) in [6.07, 6.45) is 3.43. The number of ether oxygens (including phenoxy) is 1. The summed E-state index contributed by atoms with van der Waals surface area (Å²) in [6, 6.07) is 21.7. The molecule has 0 fully saturated rings. The van der Waals surface area contributed by atoms with Crippen LogP contribution in [0, 0.1) is 0 Å². The number of hydrogen-bond donors (Lipinski definition) is 2. The Kier molecular flexibility index (Phi) is 12.9. The molecule has 3 rings (SSSR count). The van der Waals surface area contributed by atoms with Crippen molar-refractivity contribution in [2.24, 2.45) is 0 Å². The van der Waals surface area contributed by atoms with Crippen LogP contribution < -0.4 is 10.7 Å². The van der Waals surface area contributed by atoms with Gasteiger partial charge in [-0.1, -0.05) is 78.9 Å². The highest BCUT2D eigenvalue weighted by atomic mass is 16.6. The van der Waals surface area contributed by atoms with Crippen LogP contribution in [0.15, 0.2) is 84.9 Å². The summed E-state index contributed by atoms with van der Waals surface area (Å²) in [7, 11) is 6.63. The lowest BCUT2D eigenvalue weighted by atomic mass is 9.98. The topological polar surface area (TPSA) is 111 Å². The zero-order chi connectivity index (χ0) is 35.6. The van der Waals surface area contributed by atoms with E-state index < -0.39 is 29.3 Å². The molecule has 0 saturated carbocycles. The highest BCUT2D eigenvalue weighted by Gasteiger charge is 2.35. The van der Waals surface area contributed by atoms with Gasteiger partial charge in [-0.05, 0) is 69.0 Å². The molecule has 0 aliphatic carbocycles. The minimum absolute atomic E-state index is 0.239. The lowest BCUT2D eigenvalue weighted by molar-refractivity contribution is -0.147. The molecule has 258 valence electrons. The molecule has 3 aromatic rings. The molecule has 0 aliphatic heterocycles. The number of likely N-dealkylation sites (N-methyl/N-ethyl adjacent to an activating group) is 2. The Morgan fingerprint density at radius 3 is 1.98 bits per heavy atom. The van der Waals surface area contributed by atoms with Crippen molar-refractivity contribution < 1.29 is 23.9 Å². The summed E-state index contributed by atoms with van der Waals surface area (Å²) in [5.41, 5.74) is 3.25. The second kappa shape index (κ2) is 16.4. The van der Waals surface area contributed by atoms with Crippen LogP contribution in [-0.2, 0) is 32.0 Å². The average molecular weight is 658 g/mol. The monoisotopic (exact) mass is 657 g/mol. The highest BCUT2D eigenvalue weighted by Crippen LogP contribution is 2.20. The van der Waals surface area contributed by atoms with E-state index in [1.807, 2.05) is 86.6 Å². The van der Waals surface area contributed by atoms with Gasteiger partial charge in [-0.25, -0.2) is 9.80 Å². The molecular weight excluding hydrogens is 606 g/mol. The SMILES string of the molecule is CN(C)NC(=O)[C@@H](Cc1ccccc1)N(C)C(=O)[C@@H](Cc1ccc2ccccc2c1)N(C)C(=O)/C=C/CC(C)(C)NC(=O)OC(C)(C)C. The molecule has 3 aromatic carbocycles. The van der Waals surface area contributed by atoms with Gasteiger partial charge in [-0.15, -0.1) is 0 Å². The number of amides is 4. The molecular formula is C38H51N5O5. The molecule has 0 aromatic heterocycles. The van der Waals surface area contributed by atoms with Crippen LogP contribution in [-0.4, -0.2) is 90.0 Å². The van der Waals surface area contributed by atoms with Crippen molar-refractivity contribution in [3.8, 4) is 0 Å². The number of fused-ring (bicyclic) bond motifs is 1. The summed E-state index contributed by atoms with van der Waals surface area (Å²) in [5.74, 6) is -1.08. The number of alkyl carbamates (subject to hydrolysis) is 1. The lowest BCUT2D eigenvalue weighted by Gasteiger charge is -2.34. The maximum Gasteiger partial charge on any atom is 0.408 e. The third-order valence-corrected chi connectivity index (χ3v) is 7.79. The van der Waals surface area contributed by atoms with E-state index in [9.17, 15) is 19.2 Å². The van der Waals surface area contributed by atoms with Crippen LogP contribution in [0.1, 0.15) is 52.2 Å². The number of nitrogens with zero attached hydrogens (tertiary/aromatic N) is 3. The van der Waals surface area contributed by atoms with Gasteiger partial charge in [0.05, 0.1) is 0 Å². The molecule has 4 amide bonds. The Labute approximate surface area is 285 Å². The molecule has 0 unspecified atom stereocenters. The number of carbonyl (C=O) groups is 4. The summed E-state index contributed by atoms with van der Waals surface area (Å²) in [4.78, 5) is 56.7. The minimum atomic E-state index is -0.911. The van der Waals surface area contributed by atoms with Gasteiger partial charge in [0.2, 0.25) is 11.8 Å². The van der Waals surface area contributed by atoms with Gasteiger partial charge in [0.25, 0.3) is 5.91 Å². The van der Waals surface area contributed by atoms with E-state index in [1.165, 1.54) is 15.9 Å². The van der Waals surface area contributed by atoms with Gasteiger partial charge >= 0.3 is 6.09 Å². The standard InChI is InChI=1S/C38H51N5O5/c1-37(2,3)48-36(47)39-38(4,5)23-15-20-33(44)42(8)32(26-28-21-22-29-18-13-14-19-30(29)24-28)35(46)43(9)31(34(45)40-41(6)7)25-27-16-11-10-12-17-27/h10-22,24,31-32H,23,25-26H2,1-9H3,(H,39,47)(H,40,45)/b20-15+/t31-,32-/m1/s1. The second-order valence-corrected chi connectivity index (χ2v) is 14.0. The number of nitrogens with one attached hydrogen (secondary N) is 2. The first-order valence-electron chi connectivity index (χ1n) is 16.2. The summed E-state index contributed by atoms with van der Waals surface area (Å²) in [5, 5.41) is 6.47. The Morgan fingerprint density at radius 1 is 0.750 bits per heavy atom.